The van der Waals surface area contributed by atoms with Crippen molar-refractivity contribution in [3.8, 4) is 0 Å². The van der Waals surface area contributed by atoms with Gasteiger partial charge in [0.2, 0.25) is 0 Å². The quantitative estimate of drug-likeness (QED) is 0.0409. The summed E-state index contributed by atoms with van der Waals surface area (Å²) in [4.78, 5) is 28.6. The maximum absolute atomic E-state index is 14.3. The van der Waals surface area contributed by atoms with Crippen LogP contribution in [-0.4, -0.2) is 26.2 Å². The van der Waals surface area contributed by atoms with E-state index < -0.39 is 11.9 Å². The summed E-state index contributed by atoms with van der Waals surface area (Å²) < 4.78 is 11.3. The van der Waals surface area contributed by atoms with Gasteiger partial charge < -0.3 is 9.47 Å². The summed E-state index contributed by atoms with van der Waals surface area (Å²) in [5, 5.41) is 5.95. The second-order valence-corrected chi connectivity index (χ2v) is 25.2. The van der Waals surface area contributed by atoms with Crippen molar-refractivity contribution >= 4 is 33.5 Å². The van der Waals surface area contributed by atoms with E-state index in [1.807, 2.05) is 0 Å². The van der Waals surface area contributed by atoms with Crippen LogP contribution in [0.3, 0.4) is 0 Å². The zero-order valence-electron chi connectivity index (χ0n) is 48.1. The molecule has 0 unspecified atom stereocenters. The molecule has 0 fully saturated rings. The van der Waals surface area contributed by atoms with Crippen LogP contribution in [0.4, 0.5) is 0 Å². The van der Waals surface area contributed by atoms with Crippen molar-refractivity contribution in [2.75, 3.05) is 14.2 Å². The third kappa shape index (κ3) is 13.9. The first-order chi connectivity index (χ1) is 33.1. The summed E-state index contributed by atoms with van der Waals surface area (Å²) in [5.74, 6) is 3.62. The van der Waals surface area contributed by atoms with Crippen LogP contribution in [0.2, 0.25) is 0 Å². The standard InChI is InChI=1S/C66H100O4/c1-39(2)19-27-47-48(28-20-40(3)4)50(30-22-42(7)8)56-36-58-52(32-24-44(11)12)60-38-62-54(34-26-46(15)16)64(66(68)70-18)63(65(67)69-17)53(33-25-45(13)14)61(62)37-59(60)51(31-23-43(9)10)57(58)35-55(56)49(47)29-21-41(5)6/h35-36,39-46H,19-34,37-38H2,1-18H3. The van der Waals surface area contributed by atoms with Crippen molar-refractivity contribution in [3.63, 3.8) is 0 Å². The van der Waals surface area contributed by atoms with E-state index in [4.69, 9.17) is 9.47 Å². The number of esters is 2. The molecule has 0 N–H and O–H groups in total. The van der Waals surface area contributed by atoms with Crippen LogP contribution in [0.25, 0.3) is 21.5 Å². The maximum atomic E-state index is 14.3. The van der Waals surface area contributed by atoms with Crippen molar-refractivity contribution in [2.45, 2.75) is 226 Å². The summed E-state index contributed by atoms with van der Waals surface area (Å²) >= 11 is 0. The van der Waals surface area contributed by atoms with Crippen LogP contribution < -0.4 is 0 Å². The number of ether oxygens (including phenoxy) is 2. The van der Waals surface area contributed by atoms with Gasteiger partial charge in [0.05, 0.1) is 25.3 Å². The van der Waals surface area contributed by atoms with Crippen molar-refractivity contribution in [3.05, 3.63) is 90.0 Å². The van der Waals surface area contributed by atoms with Crippen molar-refractivity contribution in [2.24, 2.45) is 47.3 Å². The molecular formula is C66H100O4. The Morgan fingerprint density at radius 2 is 0.529 bits per heavy atom. The molecule has 0 aliphatic heterocycles. The molecule has 4 nitrogen and oxygen atoms in total. The van der Waals surface area contributed by atoms with Gasteiger partial charge in [0, 0.05) is 0 Å². The minimum atomic E-state index is -0.426. The van der Waals surface area contributed by atoms with Gasteiger partial charge in [0.1, 0.15) is 0 Å². The highest BCUT2D eigenvalue weighted by molar-refractivity contribution is 6.07. The monoisotopic (exact) mass is 957 g/mol. The second-order valence-electron chi connectivity index (χ2n) is 25.2. The number of hydrogen-bond acceptors (Lipinski definition) is 4. The van der Waals surface area contributed by atoms with E-state index in [1.165, 1.54) is 94.8 Å². The van der Waals surface area contributed by atoms with E-state index in [9.17, 15) is 9.59 Å². The van der Waals surface area contributed by atoms with Crippen LogP contribution in [0.15, 0.2) is 12.1 Å². The zero-order valence-corrected chi connectivity index (χ0v) is 48.1. The average Bonchev–Trinajstić information content (AvgIpc) is 3.28. The summed E-state index contributed by atoms with van der Waals surface area (Å²) in [5.41, 5.74) is 18.0. The van der Waals surface area contributed by atoms with Gasteiger partial charge in [-0.05, 0) is 263 Å². The third-order valence-electron chi connectivity index (χ3n) is 15.8. The summed E-state index contributed by atoms with van der Waals surface area (Å²) in [6.45, 7) is 37.8. The second kappa shape index (κ2) is 25.8. The Labute approximate surface area is 428 Å². The van der Waals surface area contributed by atoms with Gasteiger partial charge in [-0.1, -0.05) is 111 Å². The fourth-order valence-corrected chi connectivity index (χ4v) is 11.6. The van der Waals surface area contributed by atoms with Crippen molar-refractivity contribution in [1.29, 1.82) is 0 Å². The Bertz CT molecular complexity index is 2250. The van der Waals surface area contributed by atoms with Crippen LogP contribution in [0.1, 0.15) is 250 Å². The predicted octanol–water partition coefficient (Wildman–Crippen LogP) is 17.8. The molecule has 0 saturated heterocycles. The molecular weight excluding hydrogens is 857 g/mol. The molecule has 4 aromatic rings. The molecule has 388 valence electrons. The summed E-state index contributed by atoms with van der Waals surface area (Å²) in [6, 6.07) is 5.48. The molecule has 1 aliphatic rings. The fourth-order valence-electron chi connectivity index (χ4n) is 11.6. The first kappa shape index (κ1) is 57.2. The highest BCUT2D eigenvalue weighted by Crippen LogP contribution is 2.47. The minimum Gasteiger partial charge on any atom is -0.465 e. The van der Waals surface area contributed by atoms with E-state index in [-0.39, 0.29) is 0 Å². The number of benzene rings is 4. The summed E-state index contributed by atoms with van der Waals surface area (Å²) in [7, 11) is 2.93. The Kier molecular flexibility index (Phi) is 21.1. The number of hydrogen-bond donors (Lipinski definition) is 0. The van der Waals surface area contributed by atoms with Gasteiger partial charge in [-0.2, -0.15) is 0 Å². The number of rotatable bonds is 26. The van der Waals surface area contributed by atoms with Crippen LogP contribution in [0.5, 0.6) is 0 Å². The SMILES string of the molecule is COC(=O)c1c(CCC(C)C)c2c(c(CCC(C)C)c1C(=O)OC)Cc1c(c(CCC(C)C)c3cc4c(CCC(C)C)c(CCC(C)C)c(CCC(C)C)c(CCC(C)C)c4cc3c1CCC(C)C)C2. The van der Waals surface area contributed by atoms with Crippen LogP contribution in [-0.2, 0) is 73.7 Å². The van der Waals surface area contributed by atoms with Crippen LogP contribution in [0, 0.1) is 47.3 Å². The molecule has 0 radical (unpaired) electrons. The highest BCUT2D eigenvalue weighted by Gasteiger charge is 2.36. The first-order valence-corrected chi connectivity index (χ1v) is 28.5. The van der Waals surface area contributed by atoms with Gasteiger partial charge in [0.15, 0.2) is 0 Å². The van der Waals surface area contributed by atoms with Gasteiger partial charge in [-0.3, -0.25) is 0 Å². The Morgan fingerprint density at radius 3 is 0.771 bits per heavy atom. The molecule has 0 atom stereocenters. The normalized spacial score (nSPS) is 12.9. The maximum Gasteiger partial charge on any atom is 0.339 e. The molecule has 1 aliphatic carbocycles. The molecule has 0 heterocycles. The van der Waals surface area contributed by atoms with Crippen molar-refractivity contribution < 1.29 is 19.1 Å². The smallest absolute Gasteiger partial charge is 0.339 e. The van der Waals surface area contributed by atoms with Gasteiger partial charge >= 0.3 is 11.9 Å². The molecule has 70 heavy (non-hydrogen) atoms. The lowest BCUT2D eigenvalue weighted by Gasteiger charge is -2.33. The minimum absolute atomic E-state index is 0.423. The van der Waals surface area contributed by atoms with E-state index in [2.05, 4.69) is 123 Å². The molecule has 0 aromatic heterocycles. The Hall–Kier alpha value is -3.66. The van der Waals surface area contributed by atoms with Gasteiger partial charge in [-0.15, -0.1) is 0 Å². The van der Waals surface area contributed by atoms with Crippen molar-refractivity contribution in [1.82, 2.24) is 0 Å². The number of fused-ring (bicyclic) bond motifs is 4. The highest BCUT2D eigenvalue weighted by atomic mass is 16.5. The molecule has 5 rings (SSSR count). The van der Waals surface area contributed by atoms with Crippen LogP contribution >= 0.6 is 0 Å². The van der Waals surface area contributed by atoms with Gasteiger partial charge in [0.25, 0.3) is 0 Å². The summed E-state index contributed by atoms with van der Waals surface area (Å²) in [6.07, 6.45) is 18.4. The zero-order chi connectivity index (χ0) is 51.7. The molecule has 0 bridgehead atoms. The number of carbonyl (C=O) groups is 2. The van der Waals surface area contributed by atoms with E-state index in [1.54, 1.807) is 22.3 Å². The van der Waals surface area contributed by atoms with E-state index in [0.717, 1.165) is 88.2 Å². The van der Waals surface area contributed by atoms with E-state index >= 15 is 0 Å². The number of carbonyl (C=O) groups excluding carboxylic acids is 2. The molecule has 0 saturated carbocycles. The molecule has 4 heteroatoms. The largest absolute Gasteiger partial charge is 0.465 e. The number of methoxy groups -OCH3 is 2. The average molecular weight is 958 g/mol. The topological polar surface area (TPSA) is 52.6 Å². The Morgan fingerprint density at radius 1 is 0.329 bits per heavy atom. The predicted molar refractivity (Wildman–Crippen MR) is 301 cm³/mol. The first-order valence-electron chi connectivity index (χ1n) is 28.5. The lowest BCUT2D eigenvalue weighted by molar-refractivity contribution is 0.0552. The van der Waals surface area contributed by atoms with Gasteiger partial charge in [-0.25, -0.2) is 9.59 Å². The fraction of sp³-hybridized carbons (Fsp3) is 0.667. The number of aryl methyl sites for hydroxylation is 4. The molecule has 4 aromatic carbocycles. The van der Waals surface area contributed by atoms with E-state index in [0.29, 0.717) is 71.3 Å². The molecule has 0 spiro atoms. The third-order valence-corrected chi connectivity index (χ3v) is 15.8. The lowest BCUT2D eigenvalue weighted by Crippen LogP contribution is -2.25. The lowest BCUT2D eigenvalue weighted by atomic mass is 9.70. The molecule has 0 amide bonds. The Balaban J connectivity index is 2.08.